The van der Waals surface area contributed by atoms with Gasteiger partial charge in [0.15, 0.2) is 0 Å². The average molecular weight is 742 g/mol. The third-order valence-electron chi connectivity index (χ3n) is 7.36. The van der Waals surface area contributed by atoms with Crippen LogP contribution in [0.5, 0.6) is 17.2 Å². The smallest absolute Gasteiger partial charge is 0.324 e. The van der Waals surface area contributed by atoms with Crippen molar-refractivity contribution in [2.45, 2.75) is 45.4 Å². The number of aromatic nitrogens is 3. The summed E-state index contributed by atoms with van der Waals surface area (Å²) >= 11 is 13.1. The van der Waals surface area contributed by atoms with Gasteiger partial charge in [0.2, 0.25) is 0 Å². The molecule has 51 heavy (non-hydrogen) atoms. The van der Waals surface area contributed by atoms with Crippen molar-refractivity contribution < 1.29 is 19.1 Å². The van der Waals surface area contributed by atoms with Crippen LogP contribution >= 0.6 is 23.2 Å². The number of nitrogens with zero attached hydrogens (tertiary/aromatic N) is 5. The van der Waals surface area contributed by atoms with Gasteiger partial charge >= 0.3 is 6.03 Å². The normalized spacial score (nSPS) is 11.2. The van der Waals surface area contributed by atoms with E-state index in [0.29, 0.717) is 29.4 Å². The highest BCUT2D eigenvalue weighted by molar-refractivity contribution is 6.45. The molecule has 2 amide bonds. The molecule has 0 saturated carbocycles. The summed E-state index contributed by atoms with van der Waals surface area (Å²) in [6.45, 7) is 8.72. The van der Waals surface area contributed by atoms with Crippen molar-refractivity contribution in [3.63, 3.8) is 0 Å². The number of carbonyl (C=O) groups is 2. The number of Topliss-reactive ketones (excluding diaryl/α,β-unsaturated/α-hetero) is 1. The Morgan fingerprint density at radius 3 is 2.18 bits per heavy atom. The molecule has 0 aliphatic rings. The molecule has 0 unspecified atom stereocenters. The number of pyridine rings is 1. The van der Waals surface area contributed by atoms with Crippen LogP contribution in [0.4, 0.5) is 16.3 Å². The number of halogens is 2. The molecule has 0 bridgehead atoms. The molecule has 0 aliphatic heterocycles. The molecule has 4 rings (SSSR count). The summed E-state index contributed by atoms with van der Waals surface area (Å²) in [4.78, 5) is 33.9. The molecule has 0 spiro atoms. The van der Waals surface area contributed by atoms with Crippen LogP contribution in [0.25, 0.3) is 5.69 Å². The van der Waals surface area contributed by atoms with Gasteiger partial charge in [0.1, 0.15) is 33.9 Å². The highest BCUT2D eigenvalue weighted by Gasteiger charge is 2.22. The van der Waals surface area contributed by atoms with Crippen LogP contribution in [-0.4, -0.2) is 91.3 Å². The second-order valence-corrected chi connectivity index (χ2v) is 14.1. The van der Waals surface area contributed by atoms with E-state index in [0.717, 1.165) is 37.4 Å². The van der Waals surface area contributed by atoms with Crippen LogP contribution in [0.2, 0.25) is 10.0 Å². The first kappa shape index (κ1) is 41.2. The Hall–Kier alpha value is -4.20. The summed E-state index contributed by atoms with van der Waals surface area (Å²) in [6.07, 6.45) is 3.07. The van der Waals surface area contributed by atoms with Crippen molar-refractivity contribution in [1.29, 1.82) is 0 Å². The summed E-state index contributed by atoms with van der Waals surface area (Å²) < 4.78 is 12.9. The third-order valence-corrected chi connectivity index (χ3v) is 8.23. The van der Waals surface area contributed by atoms with Gasteiger partial charge in [0.05, 0.1) is 34.9 Å². The summed E-state index contributed by atoms with van der Waals surface area (Å²) in [6, 6.07) is 15.2. The molecule has 0 saturated heterocycles. The maximum atomic E-state index is 13.1. The van der Waals surface area contributed by atoms with Gasteiger partial charge < -0.3 is 30.3 Å². The first-order valence-electron chi connectivity index (χ1n) is 16.6. The van der Waals surface area contributed by atoms with Gasteiger partial charge in [-0.3, -0.25) is 15.1 Å². The summed E-state index contributed by atoms with van der Waals surface area (Å²) in [5, 5.41) is 10.6. The lowest BCUT2D eigenvalue weighted by Crippen LogP contribution is -2.21. The van der Waals surface area contributed by atoms with Crippen LogP contribution in [0, 0.1) is 0 Å². The van der Waals surface area contributed by atoms with Crippen LogP contribution in [0.1, 0.15) is 45.0 Å². The van der Waals surface area contributed by atoms with Crippen molar-refractivity contribution in [3.05, 3.63) is 82.2 Å². The number of methoxy groups -OCH3 is 1. The molecule has 0 fully saturated rings. The topological polar surface area (TPSA) is 140 Å². The predicted octanol–water partition coefficient (Wildman–Crippen LogP) is 7.28. The quantitative estimate of drug-likeness (QED) is 0.122. The van der Waals surface area contributed by atoms with Crippen LogP contribution in [0.3, 0.4) is 0 Å². The number of nitrogens with one attached hydrogen (secondary N) is 2. The third kappa shape index (κ3) is 13.1. The van der Waals surface area contributed by atoms with Gasteiger partial charge in [-0.1, -0.05) is 44.0 Å². The first-order valence-corrected chi connectivity index (χ1v) is 17.3. The number of hydrogen-bond acceptors (Lipinski definition) is 9. The van der Waals surface area contributed by atoms with Crippen molar-refractivity contribution in [2.24, 2.45) is 5.73 Å². The lowest BCUT2D eigenvalue weighted by molar-refractivity contribution is -0.118. The number of nitrogens with two attached hydrogens (primary N) is 1. The number of likely N-dealkylation sites (N-methyl/N-ethyl adjacent to an activating group) is 1. The van der Waals surface area contributed by atoms with Crippen molar-refractivity contribution in [1.82, 2.24) is 24.6 Å². The molecule has 276 valence electrons. The Morgan fingerprint density at radius 2 is 1.59 bits per heavy atom. The Kier molecular flexibility index (Phi) is 15.7. The minimum Gasteiger partial charge on any atom is -0.497 e. The van der Waals surface area contributed by atoms with Crippen molar-refractivity contribution in [2.75, 3.05) is 65.6 Å². The largest absolute Gasteiger partial charge is 0.497 e. The van der Waals surface area contributed by atoms with E-state index in [1.165, 1.54) is 0 Å². The molecule has 0 radical (unpaired) electrons. The van der Waals surface area contributed by atoms with Crippen molar-refractivity contribution >= 4 is 46.5 Å². The molecule has 4 aromatic rings. The fourth-order valence-corrected chi connectivity index (χ4v) is 5.02. The maximum absolute atomic E-state index is 13.1. The number of amides is 2. The van der Waals surface area contributed by atoms with Gasteiger partial charge in [0, 0.05) is 49.7 Å². The zero-order valence-electron chi connectivity index (χ0n) is 30.7. The average Bonchev–Trinajstić information content (AvgIpc) is 3.49. The number of rotatable bonds is 14. The van der Waals surface area contributed by atoms with E-state index in [-0.39, 0.29) is 39.1 Å². The van der Waals surface area contributed by atoms with Gasteiger partial charge in [-0.15, -0.1) is 0 Å². The van der Waals surface area contributed by atoms with Crippen molar-refractivity contribution in [3.8, 4) is 22.9 Å². The SMILES string of the molecule is CN(C)CCN.COc1ccc(-n2nc(C(C)(C)C)cc2NC(=O)Nc2ccc(Oc3ccnc(CC(=O)CCCN(C)C)c3)c(Cl)c2Cl)cc1. The molecule has 12 nitrogen and oxygen atoms in total. The fraction of sp³-hybridized carbons (Fsp3) is 0.405. The molecule has 2 aromatic heterocycles. The number of benzene rings is 2. The standard InChI is InChI=1S/C33H38Cl2N6O4.C4H12N2/c1-33(2,3)28-20-29(41(39-28)22-9-11-24(44-6)12-10-22)38-32(43)37-26-13-14-27(31(35)30(26)34)45-25-15-16-36-21(19-25)18-23(42)8-7-17-40(4)5;1-6(2)4-3-5/h9-16,19-20H,7-8,17-18H2,1-6H3,(H2,37,38,43);3-5H2,1-2H3. The van der Waals surface area contributed by atoms with Crippen LogP contribution < -0.4 is 25.8 Å². The van der Waals surface area contributed by atoms with E-state index in [4.69, 9.17) is 43.5 Å². The molecule has 2 aromatic carbocycles. The fourth-order valence-electron chi connectivity index (χ4n) is 4.62. The number of anilines is 2. The Bertz CT molecular complexity index is 1740. The maximum Gasteiger partial charge on any atom is 0.324 e. The zero-order chi connectivity index (χ0) is 37.7. The lowest BCUT2D eigenvalue weighted by Gasteiger charge is -2.14. The molecular formula is C37H50Cl2N8O4. The molecule has 0 aliphatic carbocycles. The number of urea groups is 1. The monoisotopic (exact) mass is 740 g/mol. The number of carbonyl (C=O) groups excluding carboxylic acids is 2. The Labute approximate surface area is 311 Å². The van der Waals surface area contributed by atoms with Crippen LogP contribution in [-0.2, 0) is 16.6 Å². The van der Waals surface area contributed by atoms with Gasteiger partial charge in [-0.25, -0.2) is 9.48 Å². The predicted molar refractivity (Wildman–Crippen MR) is 206 cm³/mol. The highest BCUT2D eigenvalue weighted by Crippen LogP contribution is 2.39. The van der Waals surface area contributed by atoms with Crippen LogP contribution in [0.15, 0.2) is 60.8 Å². The van der Waals surface area contributed by atoms with Gasteiger partial charge in [0.25, 0.3) is 0 Å². The molecule has 0 atom stereocenters. The van der Waals surface area contributed by atoms with E-state index in [9.17, 15) is 9.59 Å². The second-order valence-electron chi connectivity index (χ2n) is 13.4. The summed E-state index contributed by atoms with van der Waals surface area (Å²) in [5.41, 5.74) is 7.36. The molecule has 2 heterocycles. The van der Waals surface area contributed by atoms with E-state index in [1.807, 2.05) is 84.2 Å². The first-order chi connectivity index (χ1) is 24.1. The summed E-state index contributed by atoms with van der Waals surface area (Å²) in [7, 11) is 9.57. The van der Waals surface area contributed by atoms with E-state index in [2.05, 4.69) is 20.5 Å². The number of ketones is 1. The lowest BCUT2D eigenvalue weighted by atomic mass is 9.92. The zero-order valence-corrected chi connectivity index (χ0v) is 32.2. The number of ether oxygens (including phenoxy) is 2. The van der Waals surface area contributed by atoms with Gasteiger partial charge in [-0.05, 0) is 83.6 Å². The summed E-state index contributed by atoms with van der Waals surface area (Å²) in [5.74, 6) is 2.03. The molecule has 4 N–H and O–H groups in total. The highest BCUT2D eigenvalue weighted by atomic mass is 35.5. The van der Waals surface area contributed by atoms with E-state index >= 15 is 0 Å². The Balaban J connectivity index is 0.00000107. The molecular weight excluding hydrogens is 691 g/mol. The second kappa shape index (κ2) is 19.4. The van der Waals surface area contributed by atoms with E-state index in [1.54, 1.807) is 42.3 Å². The Morgan fingerprint density at radius 1 is 0.902 bits per heavy atom. The van der Waals surface area contributed by atoms with Gasteiger partial charge in [-0.2, -0.15) is 5.10 Å². The minimum atomic E-state index is -0.536. The minimum absolute atomic E-state index is 0.105. The van der Waals surface area contributed by atoms with E-state index < -0.39 is 6.03 Å². The number of hydrogen-bond donors (Lipinski definition) is 3. The molecule has 14 heteroatoms.